The Labute approximate surface area is 65.9 Å². The Hall–Kier alpha value is 0.180. The molecule has 0 aromatic rings. The molecule has 1 aliphatic carbocycles. The van der Waals surface area contributed by atoms with Crippen molar-refractivity contribution in [2.24, 2.45) is 0 Å². The van der Waals surface area contributed by atoms with Crippen LogP contribution in [0.15, 0.2) is 0 Å². The van der Waals surface area contributed by atoms with Gasteiger partial charge in [0.2, 0.25) is 0 Å². The molecule has 0 aliphatic heterocycles. The molecule has 3 heteroatoms. The van der Waals surface area contributed by atoms with E-state index in [1.807, 2.05) is 0 Å². The van der Waals surface area contributed by atoms with Crippen LogP contribution in [0.3, 0.4) is 0 Å². The lowest BCUT2D eigenvalue weighted by Crippen LogP contribution is -2.53. The van der Waals surface area contributed by atoms with Crippen LogP contribution in [0.25, 0.3) is 0 Å². The fraction of sp³-hybridized carbons (Fsp3) is 1.00. The van der Waals surface area contributed by atoms with Crippen LogP contribution >= 0.6 is 11.6 Å². The van der Waals surface area contributed by atoms with Crippen LogP contribution in [-0.4, -0.2) is 24.6 Å². The zero-order chi connectivity index (χ0) is 7.45. The summed E-state index contributed by atoms with van der Waals surface area (Å²) >= 11 is 5.71. The van der Waals surface area contributed by atoms with Crippen LogP contribution in [0.5, 0.6) is 0 Å². The van der Waals surface area contributed by atoms with Crippen LogP contribution in [0.4, 0.5) is 4.39 Å². The predicted molar refractivity (Wildman–Crippen MR) is 41.3 cm³/mol. The molecule has 1 fully saturated rings. The van der Waals surface area contributed by atoms with E-state index in [1.165, 1.54) is 6.42 Å². The van der Waals surface area contributed by atoms with Crippen LogP contribution < -0.4 is 5.32 Å². The molecule has 0 saturated heterocycles. The minimum absolute atomic E-state index is 0.0909. The highest BCUT2D eigenvalue weighted by Crippen LogP contribution is 2.32. The van der Waals surface area contributed by atoms with Crippen molar-refractivity contribution >= 4 is 11.6 Å². The monoisotopic (exact) mass is 165 g/mol. The van der Waals surface area contributed by atoms with E-state index in [9.17, 15) is 4.39 Å². The molecule has 0 atom stereocenters. The highest BCUT2D eigenvalue weighted by molar-refractivity contribution is 6.18. The second kappa shape index (κ2) is 3.54. The summed E-state index contributed by atoms with van der Waals surface area (Å²) in [5.41, 5.74) is 0.0909. The Bertz CT molecular complexity index is 98.3. The van der Waals surface area contributed by atoms with E-state index >= 15 is 0 Å². The number of hydrogen-bond acceptors (Lipinski definition) is 1. The van der Waals surface area contributed by atoms with Crippen molar-refractivity contribution < 1.29 is 4.39 Å². The average molecular weight is 166 g/mol. The first kappa shape index (κ1) is 8.28. The maximum Gasteiger partial charge on any atom is 0.102 e. The molecule has 0 aromatic carbocycles. The second-order valence-electron chi connectivity index (χ2n) is 2.88. The highest BCUT2D eigenvalue weighted by Gasteiger charge is 2.34. The zero-order valence-corrected chi connectivity index (χ0v) is 6.75. The molecule has 1 N–H and O–H groups in total. The zero-order valence-electron chi connectivity index (χ0n) is 6.00. The minimum atomic E-state index is -0.293. The van der Waals surface area contributed by atoms with Crippen LogP contribution in [-0.2, 0) is 0 Å². The van der Waals surface area contributed by atoms with Crippen molar-refractivity contribution in [3.8, 4) is 0 Å². The van der Waals surface area contributed by atoms with Crippen molar-refractivity contribution in [2.45, 2.75) is 24.8 Å². The first-order valence-electron chi connectivity index (χ1n) is 3.70. The largest absolute Gasteiger partial charge is 0.307 e. The summed E-state index contributed by atoms with van der Waals surface area (Å²) in [6, 6.07) is 0. The van der Waals surface area contributed by atoms with Gasteiger partial charge in [-0.1, -0.05) is 0 Å². The van der Waals surface area contributed by atoms with Gasteiger partial charge in [-0.3, -0.25) is 0 Å². The molecule has 0 unspecified atom stereocenters. The average Bonchev–Trinajstić information content (AvgIpc) is 1.87. The van der Waals surface area contributed by atoms with Gasteiger partial charge >= 0.3 is 0 Å². The molecule has 1 aliphatic rings. The third-order valence-corrected chi connectivity index (χ3v) is 2.67. The van der Waals surface area contributed by atoms with E-state index in [0.29, 0.717) is 12.4 Å². The summed E-state index contributed by atoms with van der Waals surface area (Å²) in [5.74, 6) is 0.618. The van der Waals surface area contributed by atoms with E-state index in [-0.39, 0.29) is 12.2 Å². The normalized spacial score (nSPS) is 22.2. The van der Waals surface area contributed by atoms with Crippen molar-refractivity contribution in [3.05, 3.63) is 0 Å². The summed E-state index contributed by atoms with van der Waals surface area (Å²) in [4.78, 5) is 0. The van der Waals surface area contributed by atoms with Gasteiger partial charge in [0.1, 0.15) is 6.67 Å². The molecule has 60 valence electrons. The molecule has 0 spiro atoms. The van der Waals surface area contributed by atoms with Crippen LogP contribution in [0.1, 0.15) is 19.3 Å². The van der Waals surface area contributed by atoms with Crippen molar-refractivity contribution in [1.82, 2.24) is 5.32 Å². The van der Waals surface area contributed by atoms with E-state index in [0.717, 1.165) is 12.8 Å². The Morgan fingerprint density at radius 3 is 2.50 bits per heavy atom. The van der Waals surface area contributed by atoms with E-state index < -0.39 is 0 Å². The lowest BCUT2D eigenvalue weighted by Gasteiger charge is -2.41. The van der Waals surface area contributed by atoms with Gasteiger partial charge in [-0.25, -0.2) is 4.39 Å². The molecular weight excluding hydrogens is 153 g/mol. The maximum atomic E-state index is 11.7. The summed E-state index contributed by atoms with van der Waals surface area (Å²) in [6.45, 7) is 0.158. The van der Waals surface area contributed by atoms with Crippen LogP contribution in [0.2, 0.25) is 0 Å². The minimum Gasteiger partial charge on any atom is -0.307 e. The Kier molecular flexibility index (Phi) is 2.93. The molecule has 1 rings (SSSR count). The predicted octanol–water partition coefficient (Wildman–Crippen LogP) is 1.71. The smallest absolute Gasteiger partial charge is 0.102 e. The second-order valence-corrected chi connectivity index (χ2v) is 3.15. The summed E-state index contributed by atoms with van der Waals surface area (Å²) in [6.07, 6.45) is 3.44. The van der Waals surface area contributed by atoms with E-state index in [1.54, 1.807) is 0 Å². The molecule has 1 saturated carbocycles. The Balaban J connectivity index is 2.20. The van der Waals surface area contributed by atoms with Gasteiger partial charge in [-0.2, -0.15) is 0 Å². The third kappa shape index (κ3) is 1.61. The van der Waals surface area contributed by atoms with Crippen molar-refractivity contribution in [2.75, 3.05) is 19.1 Å². The molecular formula is C7H13ClFN. The quantitative estimate of drug-likeness (QED) is 0.626. The van der Waals surface area contributed by atoms with Crippen molar-refractivity contribution in [3.63, 3.8) is 0 Å². The standard InChI is InChI=1S/C7H13ClFN/c8-6-7(2-1-3-7)10-5-4-9/h10H,1-6H2. The van der Waals surface area contributed by atoms with Gasteiger partial charge in [-0.05, 0) is 19.3 Å². The molecule has 10 heavy (non-hydrogen) atoms. The van der Waals surface area contributed by atoms with Crippen molar-refractivity contribution in [1.29, 1.82) is 0 Å². The SMILES string of the molecule is FCCNC1(CCl)CCC1. The molecule has 0 heterocycles. The van der Waals surface area contributed by atoms with E-state index in [4.69, 9.17) is 11.6 Å². The number of nitrogens with one attached hydrogen (secondary N) is 1. The Morgan fingerprint density at radius 1 is 1.50 bits per heavy atom. The fourth-order valence-electron chi connectivity index (χ4n) is 1.27. The number of hydrogen-bond donors (Lipinski definition) is 1. The molecule has 1 nitrogen and oxygen atoms in total. The van der Waals surface area contributed by atoms with Gasteiger partial charge in [0, 0.05) is 18.0 Å². The fourth-order valence-corrected chi connectivity index (χ4v) is 1.64. The van der Waals surface area contributed by atoms with Gasteiger partial charge in [0.05, 0.1) is 0 Å². The summed E-state index contributed by atoms with van der Waals surface area (Å²) in [5, 5.41) is 3.12. The van der Waals surface area contributed by atoms with Gasteiger partial charge in [-0.15, -0.1) is 11.6 Å². The van der Waals surface area contributed by atoms with Gasteiger partial charge in [0.15, 0.2) is 0 Å². The van der Waals surface area contributed by atoms with Crippen LogP contribution in [0, 0.1) is 0 Å². The topological polar surface area (TPSA) is 12.0 Å². The lowest BCUT2D eigenvalue weighted by atomic mass is 9.78. The number of alkyl halides is 2. The maximum absolute atomic E-state index is 11.7. The first-order chi connectivity index (χ1) is 4.83. The molecule has 0 aromatic heterocycles. The third-order valence-electron chi connectivity index (χ3n) is 2.16. The van der Waals surface area contributed by atoms with Gasteiger partial charge in [0.25, 0.3) is 0 Å². The molecule has 0 radical (unpaired) electrons. The number of halogens is 2. The lowest BCUT2D eigenvalue weighted by molar-refractivity contribution is 0.207. The molecule has 0 amide bonds. The highest BCUT2D eigenvalue weighted by atomic mass is 35.5. The molecule has 0 bridgehead atoms. The van der Waals surface area contributed by atoms with E-state index in [2.05, 4.69) is 5.32 Å². The first-order valence-corrected chi connectivity index (χ1v) is 4.23. The summed E-state index contributed by atoms with van der Waals surface area (Å²) < 4.78 is 11.7. The summed E-state index contributed by atoms with van der Waals surface area (Å²) in [7, 11) is 0. The van der Waals surface area contributed by atoms with Gasteiger partial charge < -0.3 is 5.32 Å². The number of rotatable bonds is 4. The Morgan fingerprint density at radius 2 is 2.20 bits per heavy atom.